The van der Waals surface area contributed by atoms with Crippen molar-refractivity contribution in [3.8, 4) is 11.1 Å². The summed E-state index contributed by atoms with van der Waals surface area (Å²) in [6.45, 7) is 5.49. The summed E-state index contributed by atoms with van der Waals surface area (Å²) < 4.78 is 10.4. The lowest BCUT2D eigenvalue weighted by atomic mass is 10.0. The standard InChI is InChI=1S/C23H22N2O5S2/c1-4-29-23(28)21-24-16(12-31-21)11-30-22(27)19-17(15-8-6-5-7-9-15)13-32-20(19)25-18(26)10-14(2)3/h5-10,12-13H,4,11H2,1-3H3,(H,25,26). The van der Waals surface area contributed by atoms with E-state index in [1.807, 2.05) is 49.6 Å². The molecular formula is C23H22N2O5S2. The molecule has 3 aromatic rings. The summed E-state index contributed by atoms with van der Waals surface area (Å²) in [4.78, 5) is 41.2. The third-order valence-corrected chi connectivity index (χ3v) is 5.86. The molecule has 1 aromatic carbocycles. The topological polar surface area (TPSA) is 94.6 Å². The van der Waals surface area contributed by atoms with E-state index in [1.54, 1.807) is 12.3 Å². The highest BCUT2D eigenvalue weighted by molar-refractivity contribution is 7.15. The molecular weight excluding hydrogens is 448 g/mol. The van der Waals surface area contributed by atoms with Crippen LogP contribution in [0.1, 0.15) is 46.6 Å². The van der Waals surface area contributed by atoms with Crippen LogP contribution in [0.2, 0.25) is 0 Å². The Morgan fingerprint density at radius 3 is 2.47 bits per heavy atom. The number of nitrogens with one attached hydrogen (secondary N) is 1. The third kappa shape index (κ3) is 5.89. The van der Waals surface area contributed by atoms with E-state index < -0.39 is 11.9 Å². The molecule has 2 aromatic heterocycles. The lowest BCUT2D eigenvalue weighted by molar-refractivity contribution is -0.111. The van der Waals surface area contributed by atoms with Crippen molar-refractivity contribution in [3.63, 3.8) is 0 Å². The molecule has 32 heavy (non-hydrogen) atoms. The van der Waals surface area contributed by atoms with Gasteiger partial charge < -0.3 is 14.8 Å². The highest BCUT2D eigenvalue weighted by Gasteiger charge is 2.23. The Morgan fingerprint density at radius 1 is 1.03 bits per heavy atom. The van der Waals surface area contributed by atoms with Crippen molar-refractivity contribution >= 4 is 45.5 Å². The summed E-state index contributed by atoms with van der Waals surface area (Å²) >= 11 is 2.38. The molecule has 0 atom stereocenters. The van der Waals surface area contributed by atoms with Crippen LogP contribution >= 0.6 is 22.7 Å². The summed E-state index contributed by atoms with van der Waals surface area (Å²) in [5.74, 6) is -1.43. The minimum absolute atomic E-state index is 0.111. The van der Waals surface area contributed by atoms with Gasteiger partial charge in [0, 0.05) is 22.4 Å². The molecule has 0 bridgehead atoms. The molecule has 0 aliphatic rings. The Balaban J connectivity index is 1.83. The average Bonchev–Trinajstić information content (AvgIpc) is 3.39. The number of ether oxygens (including phenoxy) is 2. The van der Waals surface area contributed by atoms with E-state index in [2.05, 4.69) is 10.3 Å². The number of carbonyl (C=O) groups is 3. The first-order valence-electron chi connectivity index (χ1n) is 9.80. The monoisotopic (exact) mass is 470 g/mol. The maximum Gasteiger partial charge on any atom is 0.367 e. The van der Waals surface area contributed by atoms with Gasteiger partial charge in [-0.3, -0.25) is 4.79 Å². The van der Waals surface area contributed by atoms with Gasteiger partial charge in [0.15, 0.2) is 0 Å². The lowest BCUT2D eigenvalue weighted by Gasteiger charge is -2.08. The van der Waals surface area contributed by atoms with Crippen molar-refractivity contribution in [2.45, 2.75) is 27.4 Å². The summed E-state index contributed by atoms with van der Waals surface area (Å²) in [6, 6.07) is 9.39. The molecule has 3 rings (SSSR count). The molecule has 0 aliphatic carbocycles. The maximum atomic E-state index is 13.0. The van der Waals surface area contributed by atoms with Gasteiger partial charge >= 0.3 is 11.9 Å². The van der Waals surface area contributed by atoms with Crippen molar-refractivity contribution in [3.05, 3.63) is 69.0 Å². The molecule has 0 aliphatic heterocycles. The van der Waals surface area contributed by atoms with Crippen LogP contribution in [0.4, 0.5) is 5.00 Å². The van der Waals surface area contributed by atoms with Gasteiger partial charge in [-0.1, -0.05) is 35.9 Å². The van der Waals surface area contributed by atoms with E-state index in [-0.39, 0.29) is 29.7 Å². The predicted molar refractivity (Wildman–Crippen MR) is 125 cm³/mol. The molecule has 0 spiro atoms. The van der Waals surface area contributed by atoms with E-state index in [4.69, 9.17) is 9.47 Å². The van der Waals surface area contributed by atoms with E-state index in [0.717, 1.165) is 22.5 Å². The zero-order valence-corrected chi connectivity index (χ0v) is 19.5. The first-order chi connectivity index (χ1) is 15.4. The fraction of sp³-hybridized carbons (Fsp3) is 0.217. The van der Waals surface area contributed by atoms with Gasteiger partial charge in [0.05, 0.1) is 12.3 Å². The van der Waals surface area contributed by atoms with Gasteiger partial charge in [0.2, 0.25) is 10.9 Å². The molecule has 0 unspecified atom stereocenters. The smallest absolute Gasteiger partial charge is 0.367 e. The predicted octanol–water partition coefficient (Wildman–Crippen LogP) is 5.31. The van der Waals surface area contributed by atoms with Crippen molar-refractivity contribution in [2.24, 2.45) is 0 Å². The Kier molecular flexibility index (Phi) is 7.91. The van der Waals surface area contributed by atoms with Crippen LogP contribution < -0.4 is 5.32 Å². The number of anilines is 1. The Bertz CT molecular complexity index is 1140. The molecule has 2 heterocycles. The normalized spacial score (nSPS) is 10.3. The zero-order valence-electron chi connectivity index (χ0n) is 17.8. The number of hydrogen-bond acceptors (Lipinski definition) is 8. The molecule has 166 valence electrons. The highest BCUT2D eigenvalue weighted by atomic mass is 32.1. The fourth-order valence-corrected chi connectivity index (χ4v) is 4.42. The van der Waals surface area contributed by atoms with Gasteiger partial charge in [0.25, 0.3) is 0 Å². The van der Waals surface area contributed by atoms with E-state index in [0.29, 0.717) is 16.3 Å². The van der Waals surface area contributed by atoms with E-state index >= 15 is 0 Å². The number of amides is 1. The molecule has 0 radical (unpaired) electrons. The second-order valence-electron chi connectivity index (χ2n) is 6.87. The number of thiophene rings is 1. The number of benzene rings is 1. The Labute approximate surface area is 193 Å². The quantitative estimate of drug-likeness (QED) is 0.354. The number of rotatable bonds is 8. The average molecular weight is 471 g/mol. The summed E-state index contributed by atoms with van der Waals surface area (Å²) in [5, 5.41) is 6.83. The Hall–Kier alpha value is -3.30. The molecule has 0 saturated heterocycles. The SMILES string of the molecule is CCOC(=O)c1nc(COC(=O)c2c(-c3ccccc3)csc2NC(=O)C=C(C)C)cs1. The van der Waals surface area contributed by atoms with Crippen molar-refractivity contribution in [1.82, 2.24) is 4.98 Å². The summed E-state index contributed by atoms with van der Waals surface area (Å²) in [6.07, 6.45) is 1.46. The number of aromatic nitrogens is 1. The minimum atomic E-state index is -0.594. The van der Waals surface area contributed by atoms with Crippen molar-refractivity contribution in [1.29, 1.82) is 0 Å². The van der Waals surface area contributed by atoms with Crippen LogP contribution in [0.25, 0.3) is 11.1 Å². The second-order valence-corrected chi connectivity index (χ2v) is 8.61. The molecule has 0 saturated carbocycles. The first-order valence-corrected chi connectivity index (χ1v) is 11.6. The van der Waals surface area contributed by atoms with Crippen LogP contribution in [0.15, 0.2) is 52.7 Å². The van der Waals surface area contributed by atoms with Crippen molar-refractivity contribution in [2.75, 3.05) is 11.9 Å². The largest absolute Gasteiger partial charge is 0.461 e. The summed E-state index contributed by atoms with van der Waals surface area (Å²) in [5.41, 5.74) is 3.05. The lowest BCUT2D eigenvalue weighted by Crippen LogP contribution is -2.13. The number of carbonyl (C=O) groups excluding carboxylic acids is 3. The van der Waals surface area contributed by atoms with Crippen LogP contribution in [-0.2, 0) is 20.9 Å². The van der Waals surface area contributed by atoms with E-state index in [9.17, 15) is 14.4 Å². The first kappa shape index (κ1) is 23.4. The summed E-state index contributed by atoms with van der Waals surface area (Å²) in [7, 11) is 0. The van der Waals surface area contributed by atoms with Gasteiger partial charge in [-0.25, -0.2) is 14.6 Å². The van der Waals surface area contributed by atoms with Crippen LogP contribution in [-0.4, -0.2) is 29.4 Å². The number of hydrogen-bond donors (Lipinski definition) is 1. The van der Waals surface area contributed by atoms with Crippen LogP contribution in [0.3, 0.4) is 0 Å². The van der Waals surface area contributed by atoms with Gasteiger partial charge in [-0.05, 0) is 26.3 Å². The number of thiazole rings is 1. The van der Waals surface area contributed by atoms with Crippen LogP contribution in [0, 0.1) is 0 Å². The number of allylic oxidation sites excluding steroid dienone is 1. The highest BCUT2D eigenvalue weighted by Crippen LogP contribution is 2.36. The van der Waals surface area contributed by atoms with Gasteiger partial charge in [-0.15, -0.1) is 22.7 Å². The maximum absolute atomic E-state index is 13.0. The van der Waals surface area contributed by atoms with E-state index in [1.165, 1.54) is 17.4 Å². The molecule has 1 N–H and O–H groups in total. The second kappa shape index (κ2) is 10.8. The number of nitrogens with zero attached hydrogens (tertiary/aromatic N) is 1. The molecule has 7 nitrogen and oxygen atoms in total. The van der Waals surface area contributed by atoms with Gasteiger partial charge in [-0.2, -0.15) is 0 Å². The minimum Gasteiger partial charge on any atom is -0.461 e. The van der Waals surface area contributed by atoms with Crippen molar-refractivity contribution < 1.29 is 23.9 Å². The fourth-order valence-electron chi connectivity index (χ4n) is 2.76. The Morgan fingerprint density at radius 2 is 1.78 bits per heavy atom. The van der Waals surface area contributed by atoms with Crippen LogP contribution in [0.5, 0.6) is 0 Å². The zero-order chi connectivity index (χ0) is 23.1. The molecule has 9 heteroatoms. The molecule has 1 amide bonds. The van der Waals surface area contributed by atoms with Gasteiger partial charge in [0.1, 0.15) is 17.2 Å². The number of esters is 2. The molecule has 0 fully saturated rings. The third-order valence-electron chi connectivity index (χ3n) is 4.09.